The second kappa shape index (κ2) is 10.9. The average Bonchev–Trinajstić information content (AvgIpc) is 2.97. The van der Waals surface area contributed by atoms with Gasteiger partial charge < -0.3 is 0 Å². The summed E-state index contributed by atoms with van der Waals surface area (Å²) in [5.74, 6) is -0.718. The number of benzene rings is 5. The Morgan fingerprint density at radius 3 is 1.21 bits per heavy atom. The van der Waals surface area contributed by atoms with Gasteiger partial charge >= 0.3 is 0 Å². The summed E-state index contributed by atoms with van der Waals surface area (Å²) in [4.78, 5) is 25.2. The van der Waals surface area contributed by atoms with Crippen LogP contribution in [0.3, 0.4) is 0 Å². The Balaban J connectivity index is 1.21. The quantitative estimate of drug-likeness (QED) is 0.213. The van der Waals surface area contributed by atoms with E-state index in [9.17, 15) is 9.59 Å². The number of nitrogens with zero attached hydrogens (tertiary/aromatic N) is 2. The van der Waals surface area contributed by atoms with Crippen LogP contribution in [0.2, 0.25) is 0 Å². The molecule has 5 aromatic carbocycles. The maximum absolute atomic E-state index is 12.6. The van der Waals surface area contributed by atoms with Crippen molar-refractivity contribution in [2.24, 2.45) is 10.2 Å². The van der Waals surface area contributed by atoms with E-state index in [1.165, 1.54) is 0 Å². The highest BCUT2D eigenvalue weighted by Gasteiger charge is 2.09. The average molecular weight is 499 g/mol. The number of hydrogen-bond donors (Lipinski definition) is 2. The Labute approximate surface area is 220 Å². The van der Waals surface area contributed by atoms with Gasteiger partial charge in [0.25, 0.3) is 11.8 Å². The molecular formula is C32H26N4O2. The fourth-order valence-electron chi connectivity index (χ4n) is 4.13. The Kier molecular flexibility index (Phi) is 7.04. The van der Waals surface area contributed by atoms with Gasteiger partial charge in [-0.25, -0.2) is 10.9 Å². The minimum atomic E-state index is -0.359. The number of rotatable bonds is 6. The molecule has 0 radical (unpaired) electrons. The maximum Gasteiger partial charge on any atom is 0.271 e. The first-order chi connectivity index (χ1) is 18.5. The molecular weight excluding hydrogens is 472 g/mol. The van der Waals surface area contributed by atoms with Crippen LogP contribution in [0.15, 0.2) is 119 Å². The Morgan fingerprint density at radius 1 is 0.474 bits per heavy atom. The minimum Gasteiger partial charge on any atom is -0.267 e. The molecule has 5 rings (SSSR count). The van der Waals surface area contributed by atoms with Crippen LogP contribution in [0, 0.1) is 0 Å². The van der Waals surface area contributed by atoms with Crippen molar-refractivity contribution in [1.29, 1.82) is 0 Å². The predicted octanol–water partition coefficient (Wildman–Crippen LogP) is 6.30. The van der Waals surface area contributed by atoms with E-state index in [2.05, 4.69) is 33.2 Å². The van der Waals surface area contributed by atoms with Gasteiger partial charge in [-0.3, -0.25) is 9.59 Å². The molecule has 0 unspecified atom stereocenters. The number of hydrogen-bond acceptors (Lipinski definition) is 4. The van der Waals surface area contributed by atoms with Crippen LogP contribution in [0.25, 0.3) is 21.5 Å². The van der Waals surface area contributed by atoms with Gasteiger partial charge in [0.1, 0.15) is 0 Å². The van der Waals surface area contributed by atoms with Crippen LogP contribution in [0.4, 0.5) is 0 Å². The number of amides is 2. The van der Waals surface area contributed by atoms with Gasteiger partial charge in [-0.05, 0) is 82.9 Å². The molecule has 0 aliphatic rings. The fourth-order valence-corrected chi connectivity index (χ4v) is 4.13. The Bertz CT molecular complexity index is 1590. The molecule has 5 aromatic rings. The predicted molar refractivity (Wildman–Crippen MR) is 154 cm³/mol. The van der Waals surface area contributed by atoms with Gasteiger partial charge in [0, 0.05) is 11.1 Å². The highest BCUT2D eigenvalue weighted by molar-refractivity contribution is 6.04. The molecule has 0 aliphatic heterocycles. The largest absolute Gasteiger partial charge is 0.271 e. The molecule has 2 amide bonds. The molecule has 0 bridgehead atoms. The van der Waals surface area contributed by atoms with E-state index in [4.69, 9.17) is 0 Å². The standard InChI is InChI=1S/C32H26N4O2/c1-21(27-17-11-23-7-3-5-9-29(23)19-27)33-35-31(37)25-13-15-26(16-14-25)32(38)36-34-22(2)28-18-12-24-8-4-6-10-30(24)20-28/h3-20H,1-2H3,(H,35,37)(H,36,38)/b33-21-,34-22-. The van der Waals surface area contributed by atoms with Crippen molar-refractivity contribution in [3.05, 3.63) is 131 Å². The van der Waals surface area contributed by atoms with E-state index in [1.54, 1.807) is 24.3 Å². The topological polar surface area (TPSA) is 82.9 Å². The number of carbonyl (C=O) groups excluding carboxylic acids is 2. The lowest BCUT2D eigenvalue weighted by Gasteiger charge is -2.06. The second-order valence-electron chi connectivity index (χ2n) is 8.98. The minimum absolute atomic E-state index is 0.359. The van der Waals surface area contributed by atoms with Crippen molar-refractivity contribution in [1.82, 2.24) is 10.9 Å². The molecule has 2 N–H and O–H groups in total. The molecule has 0 heterocycles. The van der Waals surface area contributed by atoms with Crippen LogP contribution >= 0.6 is 0 Å². The SMILES string of the molecule is C/C(=N/NC(=O)c1ccc(C(=O)N/N=C(/C)c2ccc3ccccc3c2)cc1)c1ccc2ccccc2c1. The van der Waals surface area contributed by atoms with Crippen molar-refractivity contribution in [2.75, 3.05) is 0 Å². The molecule has 0 atom stereocenters. The monoisotopic (exact) mass is 498 g/mol. The molecule has 0 saturated carbocycles. The van der Waals surface area contributed by atoms with Gasteiger partial charge in [0.2, 0.25) is 0 Å². The van der Waals surface area contributed by atoms with Crippen LogP contribution in [0.5, 0.6) is 0 Å². The Morgan fingerprint density at radius 2 is 0.816 bits per heavy atom. The summed E-state index contributed by atoms with van der Waals surface area (Å²) in [6.07, 6.45) is 0. The van der Waals surface area contributed by atoms with Gasteiger partial charge in [0.05, 0.1) is 11.4 Å². The summed E-state index contributed by atoms with van der Waals surface area (Å²) in [6, 6.07) is 34.6. The van der Waals surface area contributed by atoms with Gasteiger partial charge in [-0.1, -0.05) is 72.8 Å². The number of nitrogens with one attached hydrogen (secondary N) is 2. The first-order valence-electron chi connectivity index (χ1n) is 12.3. The molecule has 0 saturated heterocycles. The van der Waals surface area contributed by atoms with Crippen LogP contribution in [-0.4, -0.2) is 23.2 Å². The summed E-state index contributed by atoms with van der Waals surface area (Å²) in [7, 11) is 0. The lowest BCUT2D eigenvalue weighted by Crippen LogP contribution is -2.21. The molecule has 0 spiro atoms. The van der Waals surface area contributed by atoms with E-state index >= 15 is 0 Å². The lowest BCUT2D eigenvalue weighted by molar-refractivity contribution is 0.0943. The fraction of sp³-hybridized carbons (Fsp3) is 0.0625. The molecule has 0 fully saturated rings. The van der Waals surface area contributed by atoms with Crippen molar-refractivity contribution in [3.63, 3.8) is 0 Å². The van der Waals surface area contributed by atoms with Crippen molar-refractivity contribution < 1.29 is 9.59 Å². The lowest BCUT2D eigenvalue weighted by atomic mass is 10.0. The first kappa shape index (κ1) is 24.6. The van der Waals surface area contributed by atoms with Crippen LogP contribution < -0.4 is 10.9 Å². The maximum atomic E-state index is 12.6. The highest BCUT2D eigenvalue weighted by Crippen LogP contribution is 2.17. The van der Waals surface area contributed by atoms with E-state index < -0.39 is 0 Å². The van der Waals surface area contributed by atoms with Gasteiger partial charge in [-0.15, -0.1) is 0 Å². The second-order valence-corrected chi connectivity index (χ2v) is 8.98. The van der Waals surface area contributed by atoms with Crippen molar-refractivity contribution >= 4 is 44.8 Å². The summed E-state index contributed by atoms with van der Waals surface area (Å²) in [5.41, 5.74) is 9.22. The first-order valence-corrected chi connectivity index (χ1v) is 12.3. The zero-order valence-electron chi connectivity index (χ0n) is 21.1. The molecule has 38 heavy (non-hydrogen) atoms. The summed E-state index contributed by atoms with van der Waals surface area (Å²) >= 11 is 0. The third kappa shape index (κ3) is 5.50. The third-order valence-electron chi connectivity index (χ3n) is 6.39. The van der Waals surface area contributed by atoms with E-state index in [0.717, 1.165) is 32.7 Å². The zero-order valence-corrected chi connectivity index (χ0v) is 21.1. The summed E-state index contributed by atoms with van der Waals surface area (Å²) < 4.78 is 0. The molecule has 6 nitrogen and oxygen atoms in total. The van der Waals surface area contributed by atoms with E-state index in [-0.39, 0.29) is 11.8 Å². The molecule has 0 aliphatic carbocycles. The van der Waals surface area contributed by atoms with Crippen molar-refractivity contribution in [2.45, 2.75) is 13.8 Å². The van der Waals surface area contributed by atoms with E-state index in [0.29, 0.717) is 22.6 Å². The van der Waals surface area contributed by atoms with Crippen molar-refractivity contribution in [3.8, 4) is 0 Å². The van der Waals surface area contributed by atoms with Crippen LogP contribution in [0.1, 0.15) is 45.7 Å². The summed E-state index contributed by atoms with van der Waals surface area (Å²) in [5, 5.41) is 13.0. The molecule has 6 heteroatoms. The zero-order chi connectivity index (χ0) is 26.5. The Hall–Kier alpha value is -5.10. The third-order valence-corrected chi connectivity index (χ3v) is 6.39. The smallest absolute Gasteiger partial charge is 0.267 e. The summed E-state index contributed by atoms with van der Waals surface area (Å²) in [6.45, 7) is 3.69. The van der Waals surface area contributed by atoms with E-state index in [1.807, 2.05) is 86.6 Å². The van der Waals surface area contributed by atoms with Gasteiger partial charge in [0.15, 0.2) is 0 Å². The molecule has 0 aromatic heterocycles. The number of fused-ring (bicyclic) bond motifs is 2. The number of carbonyl (C=O) groups is 2. The highest BCUT2D eigenvalue weighted by atomic mass is 16.2. The molecule has 186 valence electrons. The number of hydrazone groups is 2. The normalized spacial score (nSPS) is 11.9. The van der Waals surface area contributed by atoms with Gasteiger partial charge in [-0.2, -0.15) is 10.2 Å². The van der Waals surface area contributed by atoms with Crippen LogP contribution in [-0.2, 0) is 0 Å².